The molecule has 0 saturated carbocycles. The van der Waals surface area contributed by atoms with E-state index < -0.39 is 0 Å². The molecular weight excluding hydrogens is 219 g/mol. The normalized spacial score (nSPS) is 15.6. The number of hydrogen-bond acceptors (Lipinski definition) is 1. The van der Waals surface area contributed by atoms with Gasteiger partial charge in [-0.05, 0) is 26.2 Å². The van der Waals surface area contributed by atoms with E-state index in [1.165, 1.54) is 0 Å². The lowest BCUT2D eigenvalue weighted by atomic mass is 9.99. The molecule has 2 unspecified atom stereocenters. The molecule has 1 rings (SSSR count). The van der Waals surface area contributed by atoms with E-state index >= 15 is 0 Å². The van der Waals surface area contributed by atoms with Crippen LogP contribution in [0.1, 0.15) is 25.1 Å². The molecule has 4 heteroatoms. The molecule has 1 heterocycles. The van der Waals surface area contributed by atoms with Gasteiger partial charge in [0.2, 0.25) is 0 Å². The lowest BCUT2D eigenvalue weighted by Crippen LogP contribution is -2.10. The second-order valence-electron chi connectivity index (χ2n) is 3.84. The van der Waals surface area contributed by atoms with Crippen molar-refractivity contribution in [1.82, 2.24) is 9.78 Å². The van der Waals surface area contributed by atoms with E-state index in [0.717, 1.165) is 22.8 Å². The third kappa shape index (κ3) is 2.43. The minimum atomic E-state index is 0.158. The molecule has 0 spiro atoms. The van der Waals surface area contributed by atoms with E-state index in [-0.39, 0.29) is 5.38 Å². The first-order chi connectivity index (χ1) is 6.43. The maximum absolute atomic E-state index is 6.12. The van der Waals surface area contributed by atoms with Gasteiger partial charge in [0.15, 0.2) is 0 Å². The van der Waals surface area contributed by atoms with Gasteiger partial charge >= 0.3 is 0 Å². The maximum Gasteiger partial charge on any atom is 0.130 e. The molecule has 0 aromatic carbocycles. The molecule has 80 valence electrons. The zero-order valence-corrected chi connectivity index (χ0v) is 10.5. The largest absolute Gasteiger partial charge is 0.257 e. The van der Waals surface area contributed by atoms with Crippen LogP contribution in [-0.2, 0) is 13.5 Å². The third-order valence-electron chi connectivity index (χ3n) is 2.58. The van der Waals surface area contributed by atoms with E-state index in [1.807, 2.05) is 20.9 Å². The van der Waals surface area contributed by atoms with E-state index in [9.17, 15) is 0 Å². The van der Waals surface area contributed by atoms with E-state index in [4.69, 9.17) is 23.2 Å². The van der Waals surface area contributed by atoms with Crippen molar-refractivity contribution in [2.24, 2.45) is 13.0 Å². The van der Waals surface area contributed by atoms with Gasteiger partial charge in [0, 0.05) is 18.0 Å². The van der Waals surface area contributed by atoms with Crippen LogP contribution in [0.25, 0.3) is 0 Å². The van der Waals surface area contributed by atoms with Crippen molar-refractivity contribution in [1.29, 1.82) is 0 Å². The van der Waals surface area contributed by atoms with Crippen LogP contribution in [0.2, 0.25) is 5.15 Å². The van der Waals surface area contributed by atoms with Crippen molar-refractivity contribution < 1.29 is 0 Å². The maximum atomic E-state index is 6.12. The second-order valence-corrected chi connectivity index (χ2v) is 4.88. The van der Waals surface area contributed by atoms with Gasteiger partial charge in [-0.15, -0.1) is 11.6 Å². The first-order valence-corrected chi connectivity index (χ1v) is 5.57. The average molecular weight is 235 g/mol. The van der Waals surface area contributed by atoms with Crippen LogP contribution in [0.15, 0.2) is 0 Å². The summed E-state index contributed by atoms with van der Waals surface area (Å²) in [5, 5.41) is 5.15. The summed E-state index contributed by atoms with van der Waals surface area (Å²) in [6, 6.07) is 0. The SMILES string of the molecule is Cc1nn(C)c(Cl)c1CC(C)C(C)Cl. The minimum absolute atomic E-state index is 0.158. The van der Waals surface area contributed by atoms with Gasteiger partial charge in [-0.2, -0.15) is 5.10 Å². The molecule has 0 fully saturated rings. The first-order valence-electron chi connectivity index (χ1n) is 4.75. The Balaban J connectivity index is 2.86. The molecule has 14 heavy (non-hydrogen) atoms. The Kier molecular flexibility index (Phi) is 3.85. The number of nitrogens with zero attached hydrogens (tertiary/aromatic N) is 2. The predicted molar refractivity (Wildman–Crippen MR) is 61.1 cm³/mol. The molecule has 2 nitrogen and oxygen atoms in total. The van der Waals surface area contributed by atoms with Crippen molar-refractivity contribution in [3.63, 3.8) is 0 Å². The van der Waals surface area contributed by atoms with Gasteiger partial charge in [0.05, 0.1) is 5.69 Å². The van der Waals surface area contributed by atoms with Crippen LogP contribution >= 0.6 is 23.2 Å². The molecule has 2 atom stereocenters. The Morgan fingerprint density at radius 3 is 2.36 bits per heavy atom. The molecule has 0 radical (unpaired) electrons. The number of aromatic nitrogens is 2. The second kappa shape index (κ2) is 4.54. The quantitative estimate of drug-likeness (QED) is 0.735. The van der Waals surface area contributed by atoms with Gasteiger partial charge in [0.1, 0.15) is 5.15 Å². The monoisotopic (exact) mass is 234 g/mol. The summed E-state index contributed by atoms with van der Waals surface area (Å²) in [5.41, 5.74) is 2.12. The van der Waals surface area contributed by atoms with Crippen molar-refractivity contribution >= 4 is 23.2 Å². The summed E-state index contributed by atoms with van der Waals surface area (Å²) in [4.78, 5) is 0. The van der Waals surface area contributed by atoms with Gasteiger partial charge < -0.3 is 0 Å². The van der Waals surface area contributed by atoms with E-state index in [1.54, 1.807) is 4.68 Å². The highest BCUT2D eigenvalue weighted by Gasteiger charge is 2.16. The van der Waals surface area contributed by atoms with Crippen LogP contribution in [0.5, 0.6) is 0 Å². The lowest BCUT2D eigenvalue weighted by Gasteiger charge is -2.13. The Morgan fingerprint density at radius 2 is 2.00 bits per heavy atom. The number of hydrogen-bond donors (Lipinski definition) is 0. The van der Waals surface area contributed by atoms with Gasteiger partial charge in [-0.3, -0.25) is 4.68 Å². The summed E-state index contributed by atoms with van der Waals surface area (Å²) in [5.74, 6) is 0.414. The molecule has 0 aliphatic heterocycles. The first kappa shape index (κ1) is 11.9. The summed E-state index contributed by atoms with van der Waals surface area (Å²) in [6.07, 6.45) is 0.892. The lowest BCUT2D eigenvalue weighted by molar-refractivity contribution is 0.566. The molecular formula is C10H16Cl2N2. The van der Waals surface area contributed by atoms with Gasteiger partial charge in [-0.25, -0.2) is 0 Å². The van der Waals surface area contributed by atoms with E-state index in [2.05, 4.69) is 12.0 Å². The van der Waals surface area contributed by atoms with E-state index in [0.29, 0.717) is 5.92 Å². The molecule has 1 aromatic rings. The number of alkyl halides is 1. The van der Waals surface area contributed by atoms with Crippen LogP contribution in [0, 0.1) is 12.8 Å². The standard InChI is InChI=1S/C10H16Cl2N2/c1-6(7(2)11)5-9-8(3)13-14(4)10(9)12/h6-7H,5H2,1-4H3. The third-order valence-corrected chi connectivity index (χ3v) is 3.48. The Hall–Kier alpha value is -0.210. The molecule has 0 N–H and O–H groups in total. The van der Waals surface area contributed by atoms with Crippen LogP contribution in [0.4, 0.5) is 0 Å². The van der Waals surface area contributed by atoms with Crippen molar-refractivity contribution in [3.05, 3.63) is 16.4 Å². The highest BCUT2D eigenvalue weighted by atomic mass is 35.5. The molecule has 0 aliphatic rings. The van der Waals surface area contributed by atoms with Crippen molar-refractivity contribution in [2.45, 2.75) is 32.6 Å². The fourth-order valence-corrected chi connectivity index (χ4v) is 1.73. The summed E-state index contributed by atoms with van der Waals surface area (Å²) in [7, 11) is 1.85. The van der Waals surface area contributed by atoms with Crippen LogP contribution in [-0.4, -0.2) is 15.2 Å². The van der Waals surface area contributed by atoms with Crippen molar-refractivity contribution in [2.75, 3.05) is 0 Å². The number of rotatable bonds is 3. The predicted octanol–water partition coefficient (Wildman–Crippen LogP) is 3.19. The van der Waals surface area contributed by atoms with Crippen LogP contribution in [0.3, 0.4) is 0 Å². The molecule has 0 aliphatic carbocycles. The fourth-order valence-electron chi connectivity index (χ4n) is 1.39. The van der Waals surface area contributed by atoms with Crippen LogP contribution < -0.4 is 0 Å². The summed E-state index contributed by atoms with van der Waals surface area (Å²) in [6.45, 7) is 6.11. The van der Waals surface area contributed by atoms with Gasteiger partial charge in [0.25, 0.3) is 0 Å². The average Bonchev–Trinajstić information content (AvgIpc) is 2.32. The molecule has 0 saturated heterocycles. The number of aryl methyl sites for hydroxylation is 2. The summed E-state index contributed by atoms with van der Waals surface area (Å²) >= 11 is 12.1. The van der Waals surface area contributed by atoms with Crippen molar-refractivity contribution in [3.8, 4) is 0 Å². The molecule has 1 aromatic heterocycles. The Bertz CT molecular complexity index is 318. The highest BCUT2D eigenvalue weighted by Crippen LogP contribution is 2.24. The smallest absolute Gasteiger partial charge is 0.130 e. The zero-order chi connectivity index (χ0) is 10.9. The molecule has 0 bridgehead atoms. The summed E-state index contributed by atoms with van der Waals surface area (Å²) < 4.78 is 1.71. The Morgan fingerprint density at radius 1 is 1.43 bits per heavy atom. The Labute approximate surface area is 95.2 Å². The topological polar surface area (TPSA) is 17.8 Å². The number of halogens is 2. The fraction of sp³-hybridized carbons (Fsp3) is 0.700. The highest BCUT2D eigenvalue weighted by molar-refractivity contribution is 6.30. The minimum Gasteiger partial charge on any atom is -0.257 e. The zero-order valence-electron chi connectivity index (χ0n) is 9.01. The van der Waals surface area contributed by atoms with Gasteiger partial charge in [-0.1, -0.05) is 18.5 Å². The molecule has 0 amide bonds.